The Labute approximate surface area is 119 Å². The highest BCUT2D eigenvalue weighted by atomic mass is 32.2. The Hall–Kier alpha value is -2.14. The molecule has 3 nitrogen and oxygen atoms in total. The SMILES string of the molecule is CC(=N)c1nc2ccc(Sc3ccc(F)cc3)cc2[nH]1. The van der Waals surface area contributed by atoms with Crippen LogP contribution in [-0.2, 0) is 0 Å². The van der Waals surface area contributed by atoms with E-state index in [2.05, 4.69) is 9.97 Å². The third kappa shape index (κ3) is 2.58. The maximum absolute atomic E-state index is 12.9. The number of benzene rings is 2. The van der Waals surface area contributed by atoms with E-state index >= 15 is 0 Å². The lowest BCUT2D eigenvalue weighted by Gasteiger charge is -2.01. The smallest absolute Gasteiger partial charge is 0.151 e. The van der Waals surface area contributed by atoms with Crippen LogP contribution in [0.25, 0.3) is 11.0 Å². The van der Waals surface area contributed by atoms with Gasteiger partial charge in [0.15, 0.2) is 5.82 Å². The summed E-state index contributed by atoms with van der Waals surface area (Å²) in [5.74, 6) is 0.355. The minimum Gasteiger partial charge on any atom is -0.337 e. The van der Waals surface area contributed by atoms with Gasteiger partial charge in [0.1, 0.15) is 5.82 Å². The van der Waals surface area contributed by atoms with Crippen LogP contribution < -0.4 is 0 Å². The van der Waals surface area contributed by atoms with Crippen molar-refractivity contribution < 1.29 is 4.39 Å². The third-order valence-electron chi connectivity index (χ3n) is 2.86. The van der Waals surface area contributed by atoms with E-state index in [0.717, 1.165) is 20.8 Å². The Bertz CT molecular complexity index is 777. The third-order valence-corrected chi connectivity index (χ3v) is 3.86. The first kappa shape index (κ1) is 12.9. The summed E-state index contributed by atoms with van der Waals surface area (Å²) >= 11 is 1.56. The quantitative estimate of drug-likeness (QED) is 0.707. The Morgan fingerprint density at radius 2 is 1.85 bits per heavy atom. The molecule has 0 amide bonds. The van der Waals surface area contributed by atoms with Crippen LogP contribution in [-0.4, -0.2) is 15.7 Å². The summed E-state index contributed by atoms with van der Waals surface area (Å²) in [6.07, 6.45) is 0. The van der Waals surface area contributed by atoms with Gasteiger partial charge in [0.25, 0.3) is 0 Å². The van der Waals surface area contributed by atoms with E-state index in [-0.39, 0.29) is 5.82 Å². The van der Waals surface area contributed by atoms with Crippen molar-refractivity contribution >= 4 is 28.5 Å². The van der Waals surface area contributed by atoms with Crippen LogP contribution >= 0.6 is 11.8 Å². The average Bonchev–Trinajstić information content (AvgIpc) is 2.85. The monoisotopic (exact) mass is 285 g/mol. The number of rotatable bonds is 3. The molecule has 0 spiro atoms. The molecular weight excluding hydrogens is 273 g/mol. The first-order valence-corrected chi connectivity index (χ1v) is 6.92. The van der Waals surface area contributed by atoms with Crippen LogP contribution in [0.4, 0.5) is 4.39 Å². The van der Waals surface area contributed by atoms with Crippen LogP contribution in [0, 0.1) is 11.2 Å². The molecule has 20 heavy (non-hydrogen) atoms. The number of halogens is 1. The van der Waals surface area contributed by atoms with E-state index in [1.807, 2.05) is 18.2 Å². The first-order valence-electron chi connectivity index (χ1n) is 6.10. The zero-order valence-electron chi connectivity index (χ0n) is 10.8. The van der Waals surface area contributed by atoms with E-state index in [9.17, 15) is 4.39 Å². The highest BCUT2D eigenvalue weighted by molar-refractivity contribution is 7.99. The zero-order chi connectivity index (χ0) is 14.1. The summed E-state index contributed by atoms with van der Waals surface area (Å²) in [5, 5.41) is 7.59. The predicted octanol–water partition coefficient (Wildman–Crippen LogP) is 4.24. The van der Waals surface area contributed by atoms with E-state index in [1.165, 1.54) is 12.1 Å². The summed E-state index contributed by atoms with van der Waals surface area (Å²) in [6, 6.07) is 12.3. The summed E-state index contributed by atoms with van der Waals surface area (Å²) in [7, 11) is 0. The van der Waals surface area contributed by atoms with Gasteiger partial charge in [-0.2, -0.15) is 0 Å². The van der Waals surface area contributed by atoms with Gasteiger partial charge >= 0.3 is 0 Å². The van der Waals surface area contributed by atoms with Gasteiger partial charge in [-0.3, -0.25) is 0 Å². The number of nitrogens with one attached hydrogen (secondary N) is 2. The molecule has 0 aliphatic carbocycles. The number of fused-ring (bicyclic) bond motifs is 1. The van der Waals surface area contributed by atoms with Crippen molar-refractivity contribution in [3.63, 3.8) is 0 Å². The Kier molecular flexibility index (Phi) is 3.28. The maximum Gasteiger partial charge on any atom is 0.151 e. The van der Waals surface area contributed by atoms with Crippen molar-refractivity contribution in [3.05, 3.63) is 54.1 Å². The fraction of sp³-hybridized carbons (Fsp3) is 0.0667. The molecule has 3 rings (SSSR count). The first-order chi connectivity index (χ1) is 9.61. The molecule has 0 unspecified atom stereocenters. The Balaban J connectivity index is 1.92. The number of aromatic amines is 1. The largest absolute Gasteiger partial charge is 0.337 e. The van der Waals surface area contributed by atoms with E-state index in [0.29, 0.717) is 11.5 Å². The summed E-state index contributed by atoms with van der Waals surface area (Å²) < 4.78 is 12.9. The molecule has 0 saturated carbocycles. The van der Waals surface area contributed by atoms with Gasteiger partial charge < -0.3 is 10.4 Å². The minimum absolute atomic E-state index is 0.232. The second-order valence-corrected chi connectivity index (χ2v) is 5.59. The number of hydrogen-bond donors (Lipinski definition) is 2. The molecule has 0 fully saturated rings. The molecule has 0 aliphatic rings. The highest BCUT2D eigenvalue weighted by Gasteiger charge is 2.06. The number of aromatic nitrogens is 2. The fourth-order valence-electron chi connectivity index (χ4n) is 1.87. The summed E-state index contributed by atoms with van der Waals surface area (Å²) in [6.45, 7) is 1.70. The van der Waals surface area contributed by atoms with Crippen molar-refractivity contribution in [1.29, 1.82) is 5.41 Å². The molecule has 0 saturated heterocycles. The lowest BCUT2D eigenvalue weighted by molar-refractivity contribution is 0.626. The second kappa shape index (κ2) is 5.09. The molecule has 0 radical (unpaired) electrons. The van der Waals surface area contributed by atoms with Crippen LogP contribution in [0.3, 0.4) is 0 Å². The summed E-state index contributed by atoms with van der Waals surface area (Å²) in [5.41, 5.74) is 2.16. The van der Waals surface area contributed by atoms with Gasteiger partial charge in [-0.1, -0.05) is 11.8 Å². The number of hydrogen-bond acceptors (Lipinski definition) is 3. The van der Waals surface area contributed by atoms with Crippen molar-refractivity contribution in [2.24, 2.45) is 0 Å². The van der Waals surface area contributed by atoms with Crippen LogP contribution in [0.15, 0.2) is 52.3 Å². The van der Waals surface area contributed by atoms with Gasteiger partial charge in [0.05, 0.1) is 16.7 Å². The molecule has 1 aromatic heterocycles. The molecule has 1 heterocycles. The van der Waals surface area contributed by atoms with E-state index in [1.54, 1.807) is 30.8 Å². The molecule has 0 atom stereocenters. The lowest BCUT2D eigenvalue weighted by atomic mass is 10.3. The fourth-order valence-corrected chi connectivity index (χ4v) is 2.73. The zero-order valence-corrected chi connectivity index (χ0v) is 11.6. The minimum atomic E-state index is -0.232. The number of imidazole rings is 1. The molecule has 3 aromatic rings. The highest BCUT2D eigenvalue weighted by Crippen LogP contribution is 2.29. The van der Waals surface area contributed by atoms with Gasteiger partial charge in [-0.25, -0.2) is 9.37 Å². The lowest BCUT2D eigenvalue weighted by Crippen LogP contribution is -1.93. The Morgan fingerprint density at radius 1 is 1.15 bits per heavy atom. The second-order valence-electron chi connectivity index (χ2n) is 4.45. The molecule has 5 heteroatoms. The Morgan fingerprint density at radius 3 is 2.55 bits per heavy atom. The van der Waals surface area contributed by atoms with E-state index < -0.39 is 0 Å². The van der Waals surface area contributed by atoms with Crippen LogP contribution in [0.1, 0.15) is 12.7 Å². The van der Waals surface area contributed by atoms with Crippen molar-refractivity contribution in [2.75, 3.05) is 0 Å². The van der Waals surface area contributed by atoms with Gasteiger partial charge in [-0.15, -0.1) is 0 Å². The predicted molar refractivity (Wildman–Crippen MR) is 79.1 cm³/mol. The van der Waals surface area contributed by atoms with Crippen molar-refractivity contribution in [2.45, 2.75) is 16.7 Å². The molecular formula is C15H12FN3S. The topological polar surface area (TPSA) is 52.5 Å². The summed E-state index contributed by atoms with van der Waals surface area (Å²) in [4.78, 5) is 9.48. The van der Waals surface area contributed by atoms with E-state index in [4.69, 9.17) is 5.41 Å². The molecule has 0 aliphatic heterocycles. The average molecular weight is 285 g/mol. The standard InChI is InChI=1S/C15H12FN3S/c1-9(17)15-18-13-7-6-12(8-14(13)19-15)20-11-4-2-10(16)3-5-11/h2-8,17H,1H3,(H,18,19). The van der Waals surface area contributed by atoms with Gasteiger partial charge in [0.2, 0.25) is 0 Å². The normalized spacial score (nSPS) is 10.9. The van der Waals surface area contributed by atoms with Crippen molar-refractivity contribution in [1.82, 2.24) is 9.97 Å². The number of H-pyrrole nitrogens is 1. The molecule has 0 bridgehead atoms. The molecule has 2 aromatic carbocycles. The number of nitrogens with zero attached hydrogens (tertiary/aromatic N) is 1. The van der Waals surface area contributed by atoms with Crippen LogP contribution in [0.2, 0.25) is 0 Å². The van der Waals surface area contributed by atoms with Crippen molar-refractivity contribution in [3.8, 4) is 0 Å². The van der Waals surface area contributed by atoms with Gasteiger partial charge in [0, 0.05) is 9.79 Å². The molecule has 100 valence electrons. The van der Waals surface area contributed by atoms with Crippen LogP contribution in [0.5, 0.6) is 0 Å². The maximum atomic E-state index is 12.9. The van der Waals surface area contributed by atoms with Gasteiger partial charge in [-0.05, 0) is 49.4 Å². The molecule has 2 N–H and O–H groups in total.